The summed E-state index contributed by atoms with van der Waals surface area (Å²) in [7, 11) is 0. The molecular formula is C28H32O10. The minimum atomic E-state index is -1.06. The molecule has 2 unspecified atom stereocenters. The summed E-state index contributed by atoms with van der Waals surface area (Å²) in [5.74, 6) is -2.34. The molecule has 0 saturated carbocycles. The minimum absolute atomic E-state index is 0.142. The van der Waals surface area contributed by atoms with Crippen LogP contribution in [0.1, 0.15) is 34.6 Å². The Morgan fingerprint density at radius 3 is 1.71 bits per heavy atom. The first-order valence-electron chi connectivity index (χ1n) is 11.5. The second-order valence-electron chi connectivity index (χ2n) is 8.00. The first kappa shape index (κ1) is 31.7. The van der Waals surface area contributed by atoms with Crippen molar-refractivity contribution in [1.29, 1.82) is 0 Å². The van der Waals surface area contributed by atoms with Crippen LogP contribution in [0.4, 0.5) is 0 Å². The standard InChI is InChI=1S/C14H16O5.C7H10O3.C7H6O2/c1-10(2)13(16)18-8-12(15)9-19-14(17)11-6-4-3-5-7-11;1-5(2)7(8)10-4-6-3-9-6;8-7(9)6-4-2-1-3-5-6/h3-7,12,15H,1,8-9H2,2H3;6H,1,3-4H2,2H3;1-5H,(H,8,9). The molecule has 3 rings (SSSR count). The van der Waals surface area contributed by atoms with Gasteiger partial charge in [0.1, 0.15) is 32.0 Å². The Labute approximate surface area is 221 Å². The summed E-state index contributed by atoms with van der Waals surface area (Å²) in [5.41, 5.74) is 1.40. The van der Waals surface area contributed by atoms with Gasteiger partial charge in [-0.05, 0) is 38.1 Å². The fourth-order valence-electron chi connectivity index (χ4n) is 2.21. The number of ether oxygens (including phenoxy) is 4. The van der Waals surface area contributed by atoms with Gasteiger partial charge in [-0.25, -0.2) is 19.2 Å². The summed E-state index contributed by atoms with van der Waals surface area (Å²) < 4.78 is 19.2. The first-order valence-corrected chi connectivity index (χ1v) is 11.5. The molecule has 0 aromatic heterocycles. The fourth-order valence-corrected chi connectivity index (χ4v) is 2.21. The highest BCUT2D eigenvalue weighted by atomic mass is 16.6. The smallest absolute Gasteiger partial charge is 0.338 e. The van der Waals surface area contributed by atoms with Crippen molar-refractivity contribution in [3.8, 4) is 0 Å². The predicted octanol–water partition coefficient (Wildman–Crippen LogP) is 3.21. The number of epoxide rings is 1. The molecule has 0 spiro atoms. The lowest BCUT2D eigenvalue weighted by molar-refractivity contribution is -0.142. The molecule has 1 fully saturated rings. The van der Waals surface area contributed by atoms with Crippen LogP contribution in [0.25, 0.3) is 0 Å². The Hall–Kier alpha value is -4.28. The van der Waals surface area contributed by atoms with E-state index in [0.717, 1.165) is 0 Å². The van der Waals surface area contributed by atoms with E-state index in [-0.39, 0.29) is 30.9 Å². The number of aromatic carboxylic acids is 1. The molecule has 0 bridgehead atoms. The van der Waals surface area contributed by atoms with Crippen molar-refractivity contribution in [3.05, 3.63) is 96.1 Å². The second kappa shape index (κ2) is 17.2. The van der Waals surface area contributed by atoms with Gasteiger partial charge in [0.15, 0.2) is 0 Å². The third-order valence-corrected chi connectivity index (χ3v) is 4.34. The average Bonchev–Trinajstić information content (AvgIpc) is 3.75. The summed E-state index contributed by atoms with van der Waals surface area (Å²) in [5, 5.41) is 17.9. The summed E-state index contributed by atoms with van der Waals surface area (Å²) >= 11 is 0. The van der Waals surface area contributed by atoms with E-state index in [1.807, 2.05) is 0 Å². The molecule has 1 aliphatic heterocycles. The summed E-state index contributed by atoms with van der Waals surface area (Å²) in [6.07, 6.45) is -0.917. The quantitative estimate of drug-likeness (QED) is 0.204. The molecule has 2 atom stereocenters. The van der Waals surface area contributed by atoms with Gasteiger partial charge < -0.3 is 29.2 Å². The van der Waals surface area contributed by atoms with Crippen LogP contribution in [0.3, 0.4) is 0 Å². The van der Waals surface area contributed by atoms with Crippen LogP contribution in [0.15, 0.2) is 85.0 Å². The molecule has 2 N–H and O–H groups in total. The zero-order valence-corrected chi connectivity index (χ0v) is 21.3. The molecule has 0 amide bonds. The van der Waals surface area contributed by atoms with Gasteiger partial charge >= 0.3 is 23.9 Å². The summed E-state index contributed by atoms with van der Waals surface area (Å²) in [6.45, 7) is 10.6. The number of rotatable bonds is 10. The van der Waals surface area contributed by atoms with Gasteiger partial charge in [0.25, 0.3) is 0 Å². The summed E-state index contributed by atoms with van der Waals surface area (Å²) in [6, 6.07) is 16.7. The maximum Gasteiger partial charge on any atom is 0.338 e. The number of aliphatic hydroxyl groups is 1. The van der Waals surface area contributed by atoms with Crippen molar-refractivity contribution in [1.82, 2.24) is 0 Å². The van der Waals surface area contributed by atoms with Crippen LogP contribution >= 0.6 is 0 Å². The number of carboxylic acid groups (broad SMARTS) is 1. The summed E-state index contributed by atoms with van der Waals surface area (Å²) in [4.78, 5) is 43.5. The highest BCUT2D eigenvalue weighted by Crippen LogP contribution is 2.09. The highest BCUT2D eigenvalue weighted by Gasteiger charge is 2.24. The van der Waals surface area contributed by atoms with Crippen molar-refractivity contribution in [3.63, 3.8) is 0 Å². The van der Waals surface area contributed by atoms with Crippen molar-refractivity contribution in [2.75, 3.05) is 26.4 Å². The van der Waals surface area contributed by atoms with Crippen molar-refractivity contribution >= 4 is 23.9 Å². The molecule has 1 saturated heterocycles. The predicted molar refractivity (Wildman–Crippen MR) is 137 cm³/mol. The van der Waals surface area contributed by atoms with E-state index in [2.05, 4.69) is 13.2 Å². The Kier molecular flexibility index (Phi) is 14.4. The molecular weight excluding hydrogens is 496 g/mol. The molecule has 38 heavy (non-hydrogen) atoms. The van der Waals surface area contributed by atoms with E-state index in [1.165, 1.54) is 6.92 Å². The molecule has 1 aliphatic rings. The van der Waals surface area contributed by atoms with Crippen LogP contribution in [-0.4, -0.2) is 72.7 Å². The number of aliphatic hydroxyl groups excluding tert-OH is 1. The topological polar surface area (TPSA) is 149 Å². The fraction of sp³-hybridized carbons (Fsp3) is 0.286. The number of carbonyl (C=O) groups is 4. The highest BCUT2D eigenvalue weighted by molar-refractivity contribution is 5.89. The lowest BCUT2D eigenvalue weighted by atomic mass is 10.2. The number of hydrogen-bond acceptors (Lipinski definition) is 9. The lowest BCUT2D eigenvalue weighted by Gasteiger charge is -2.11. The third-order valence-electron chi connectivity index (χ3n) is 4.34. The molecule has 2 aromatic carbocycles. The van der Waals surface area contributed by atoms with E-state index in [0.29, 0.717) is 29.9 Å². The van der Waals surface area contributed by atoms with Crippen LogP contribution in [0.2, 0.25) is 0 Å². The zero-order valence-electron chi connectivity index (χ0n) is 21.3. The maximum atomic E-state index is 11.5. The van der Waals surface area contributed by atoms with Gasteiger partial charge in [-0.3, -0.25) is 0 Å². The normalized spacial score (nSPS) is 13.6. The number of carbonyl (C=O) groups excluding carboxylic acids is 3. The van der Waals surface area contributed by atoms with Crippen LogP contribution in [0, 0.1) is 0 Å². The lowest BCUT2D eigenvalue weighted by Crippen LogP contribution is -2.25. The van der Waals surface area contributed by atoms with E-state index in [4.69, 9.17) is 24.1 Å². The molecule has 2 aromatic rings. The van der Waals surface area contributed by atoms with E-state index in [1.54, 1.807) is 67.6 Å². The largest absolute Gasteiger partial charge is 0.478 e. The van der Waals surface area contributed by atoms with Crippen LogP contribution < -0.4 is 0 Å². The maximum absolute atomic E-state index is 11.5. The number of hydrogen-bond donors (Lipinski definition) is 2. The minimum Gasteiger partial charge on any atom is -0.478 e. The second-order valence-corrected chi connectivity index (χ2v) is 8.00. The van der Waals surface area contributed by atoms with Crippen molar-refractivity contribution in [2.24, 2.45) is 0 Å². The molecule has 10 heteroatoms. The monoisotopic (exact) mass is 528 g/mol. The van der Waals surface area contributed by atoms with E-state index < -0.39 is 24.0 Å². The number of benzene rings is 2. The van der Waals surface area contributed by atoms with E-state index in [9.17, 15) is 24.3 Å². The van der Waals surface area contributed by atoms with Gasteiger partial charge in [-0.1, -0.05) is 49.6 Å². The van der Waals surface area contributed by atoms with Gasteiger partial charge in [-0.2, -0.15) is 0 Å². The average molecular weight is 529 g/mol. The van der Waals surface area contributed by atoms with Gasteiger partial charge in [0.2, 0.25) is 0 Å². The number of esters is 3. The van der Waals surface area contributed by atoms with Crippen molar-refractivity contribution < 1.29 is 48.3 Å². The Balaban J connectivity index is 0.000000317. The van der Waals surface area contributed by atoms with Crippen LogP contribution in [-0.2, 0) is 28.5 Å². The third kappa shape index (κ3) is 14.3. The SMILES string of the molecule is C=C(C)C(=O)OCC(O)COC(=O)c1ccccc1.C=C(C)C(=O)OCC1CO1.O=C(O)c1ccccc1. The number of carboxylic acids is 1. The van der Waals surface area contributed by atoms with Crippen LogP contribution in [0.5, 0.6) is 0 Å². The molecule has 204 valence electrons. The Morgan fingerprint density at radius 2 is 1.29 bits per heavy atom. The molecule has 1 heterocycles. The van der Waals surface area contributed by atoms with Gasteiger partial charge in [0.05, 0.1) is 17.7 Å². The molecule has 0 radical (unpaired) electrons. The Morgan fingerprint density at radius 1 is 0.842 bits per heavy atom. The molecule has 10 nitrogen and oxygen atoms in total. The first-order chi connectivity index (χ1) is 18.0. The van der Waals surface area contributed by atoms with Gasteiger partial charge in [0, 0.05) is 11.1 Å². The zero-order chi connectivity index (χ0) is 28.5. The van der Waals surface area contributed by atoms with Crippen molar-refractivity contribution in [2.45, 2.75) is 26.1 Å². The van der Waals surface area contributed by atoms with E-state index >= 15 is 0 Å². The Bertz CT molecular complexity index is 1080. The molecule has 0 aliphatic carbocycles. The van der Waals surface area contributed by atoms with Gasteiger partial charge in [-0.15, -0.1) is 0 Å².